The third kappa shape index (κ3) is 3.62. The summed E-state index contributed by atoms with van der Waals surface area (Å²) in [5.74, 6) is 1.06. The Bertz CT molecular complexity index is 273. The van der Waals surface area contributed by atoms with E-state index in [1.807, 2.05) is 0 Å². The van der Waals surface area contributed by atoms with Crippen LogP contribution in [-0.4, -0.2) is 42.2 Å². The molecule has 1 unspecified atom stereocenters. The lowest BCUT2D eigenvalue weighted by atomic mass is 10.1. The topological polar surface area (TPSA) is 32.3 Å². The van der Waals surface area contributed by atoms with Gasteiger partial charge in [-0.25, -0.2) is 0 Å². The van der Waals surface area contributed by atoms with Crippen molar-refractivity contribution in [2.24, 2.45) is 5.41 Å². The number of thiol groups is 1. The highest BCUT2D eigenvalue weighted by molar-refractivity contribution is 7.80. The largest absolute Gasteiger partial charge is 0.355 e. The molecular weight excluding hydrogens is 232 g/mol. The van der Waals surface area contributed by atoms with Gasteiger partial charge in [-0.2, -0.15) is 12.6 Å². The van der Waals surface area contributed by atoms with E-state index >= 15 is 0 Å². The van der Waals surface area contributed by atoms with Crippen LogP contribution in [0.1, 0.15) is 39.0 Å². The Morgan fingerprint density at radius 1 is 1.41 bits per heavy atom. The number of hydrogen-bond donors (Lipinski definition) is 2. The standard InChI is InChI=1S/C13H24N2OS/c1-11(15-6-2-3-7-15)9-14-12(16)8-13(10-17)4-5-13/h11,17H,2-10H2,1H3,(H,14,16). The van der Waals surface area contributed by atoms with Crippen LogP contribution in [0, 0.1) is 5.41 Å². The van der Waals surface area contributed by atoms with E-state index in [9.17, 15) is 4.79 Å². The van der Waals surface area contributed by atoms with Gasteiger partial charge in [0, 0.05) is 19.0 Å². The van der Waals surface area contributed by atoms with Crippen LogP contribution in [0.3, 0.4) is 0 Å². The zero-order chi connectivity index (χ0) is 12.3. The van der Waals surface area contributed by atoms with Crippen molar-refractivity contribution in [3.8, 4) is 0 Å². The zero-order valence-corrected chi connectivity index (χ0v) is 11.6. The molecule has 1 heterocycles. The molecule has 0 radical (unpaired) electrons. The molecular formula is C13H24N2OS. The predicted molar refractivity (Wildman–Crippen MR) is 73.4 cm³/mol. The molecule has 1 aliphatic heterocycles. The fraction of sp³-hybridized carbons (Fsp3) is 0.923. The molecule has 2 fully saturated rings. The minimum Gasteiger partial charge on any atom is -0.355 e. The van der Waals surface area contributed by atoms with Crippen LogP contribution in [0.15, 0.2) is 0 Å². The van der Waals surface area contributed by atoms with Crippen LogP contribution >= 0.6 is 12.6 Å². The number of hydrogen-bond acceptors (Lipinski definition) is 3. The maximum Gasteiger partial charge on any atom is 0.220 e. The SMILES string of the molecule is CC(CNC(=O)CC1(CS)CC1)N1CCCC1. The van der Waals surface area contributed by atoms with Gasteiger partial charge in [0.1, 0.15) is 0 Å². The van der Waals surface area contributed by atoms with E-state index in [1.54, 1.807) is 0 Å². The molecule has 0 aromatic carbocycles. The summed E-state index contributed by atoms with van der Waals surface area (Å²) in [6.07, 6.45) is 5.63. The molecule has 1 atom stereocenters. The van der Waals surface area contributed by atoms with Crippen molar-refractivity contribution < 1.29 is 4.79 Å². The quantitative estimate of drug-likeness (QED) is 0.709. The molecule has 1 amide bonds. The minimum atomic E-state index is 0.211. The average Bonchev–Trinajstić information content (AvgIpc) is 2.89. The van der Waals surface area contributed by atoms with E-state index < -0.39 is 0 Å². The molecule has 0 spiro atoms. The van der Waals surface area contributed by atoms with Crippen molar-refractivity contribution in [2.45, 2.75) is 45.1 Å². The molecule has 1 N–H and O–H groups in total. The lowest BCUT2D eigenvalue weighted by Gasteiger charge is -2.24. The van der Waals surface area contributed by atoms with Gasteiger partial charge in [-0.1, -0.05) is 0 Å². The van der Waals surface area contributed by atoms with Crippen molar-refractivity contribution in [1.29, 1.82) is 0 Å². The molecule has 1 aliphatic carbocycles. The molecule has 3 nitrogen and oxygen atoms in total. The van der Waals surface area contributed by atoms with Gasteiger partial charge in [0.15, 0.2) is 0 Å². The van der Waals surface area contributed by atoms with Crippen molar-refractivity contribution in [2.75, 3.05) is 25.4 Å². The highest BCUT2D eigenvalue weighted by Gasteiger charge is 2.42. The lowest BCUT2D eigenvalue weighted by Crippen LogP contribution is -2.41. The Kier molecular flexibility index (Phi) is 4.36. The number of nitrogens with zero attached hydrogens (tertiary/aromatic N) is 1. The van der Waals surface area contributed by atoms with Gasteiger partial charge in [-0.3, -0.25) is 9.69 Å². The van der Waals surface area contributed by atoms with Crippen molar-refractivity contribution in [3.63, 3.8) is 0 Å². The van der Waals surface area contributed by atoms with E-state index in [0.29, 0.717) is 12.5 Å². The molecule has 2 rings (SSSR count). The minimum absolute atomic E-state index is 0.211. The number of amides is 1. The first-order valence-corrected chi connectivity index (χ1v) is 7.40. The summed E-state index contributed by atoms with van der Waals surface area (Å²) < 4.78 is 0. The first-order valence-electron chi connectivity index (χ1n) is 6.77. The average molecular weight is 256 g/mol. The molecule has 1 saturated heterocycles. The second kappa shape index (κ2) is 5.61. The summed E-state index contributed by atoms with van der Waals surface area (Å²) >= 11 is 4.33. The van der Waals surface area contributed by atoms with Crippen LogP contribution in [0.2, 0.25) is 0 Å². The van der Waals surface area contributed by atoms with Crippen LogP contribution in [0.5, 0.6) is 0 Å². The summed E-state index contributed by atoms with van der Waals surface area (Å²) in [5.41, 5.74) is 0.240. The smallest absolute Gasteiger partial charge is 0.220 e. The van der Waals surface area contributed by atoms with Crippen molar-refractivity contribution in [3.05, 3.63) is 0 Å². The van der Waals surface area contributed by atoms with Gasteiger partial charge in [-0.15, -0.1) is 0 Å². The molecule has 98 valence electrons. The fourth-order valence-electron chi connectivity index (χ4n) is 2.54. The van der Waals surface area contributed by atoms with Crippen LogP contribution in [-0.2, 0) is 4.79 Å². The zero-order valence-electron chi connectivity index (χ0n) is 10.7. The van der Waals surface area contributed by atoms with Crippen LogP contribution in [0.25, 0.3) is 0 Å². The molecule has 2 aliphatic rings. The van der Waals surface area contributed by atoms with Gasteiger partial charge >= 0.3 is 0 Å². The van der Waals surface area contributed by atoms with E-state index in [1.165, 1.54) is 38.8 Å². The van der Waals surface area contributed by atoms with Crippen molar-refractivity contribution in [1.82, 2.24) is 10.2 Å². The van der Waals surface area contributed by atoms with Crippen molar-refractivity contribution >= 4 is 18.5 Å². The Morgan fingerprint density at radius 3 is 2.59 bits per heavy atom. The highest BCUT2D eigenvalue weighted by atomic mass is 32.1. The second-order valence-electron chi connectivity index (χ2n) is 5.73. The molecule has 0 aromatic heterocycles. The summed E-state index contributed by atoms with van der Waals surface area (Å²) in [4.78, 5) is 14.3. The molecule has 4 heteroatoms. The molecule has 17 heavy (non-hydrogen) atoms. The number of likely N-dealkylation sites (tertiary alicyclic amines) is 1. The Morgan fingerprint density at radius 2 is 2.06 bits per heavy atom. The molecule has 0 aromatic rings. The lowest BCUT2D eigenvalue weighted by molar-refractivity contribution is -0.122. The molecule has 1 saturated carbocycles. The van der Waals surface area contributed by atoms with Gasteiger partial charge in [-0.05, 0) is 56.9 Å². The maximum absolute atomic E-state index is 11.8. The van der Waals surface area contributed by atoms with E-state index in [4.69, 9.17) is 0 Å². The van der Waals surface area contributed by atoms with Crippen LogP contribution in [0.4, 0.5) is 0 Å². The number of nitrogens with one attached hydrogen (secondary N) is 1. The number of carbonyl (C=O) groups excluding carboxylic acids is 1. The summed E-state index contributed by atoms with van der Waals surface area (Å²) in [6.45, 7) is 5.38. The highest BCUT2D eigenvalue weighted by Crippen LogP contribution is 2.49. The monoisotopic (exact) mass is 256 g/mol. The predicted octanol–water partition coefficient (Wildman–Crippen LogP) is 1.69. The summed E-state index contributed by atoms with van der Waals surface area (Å²) in [5, 5.41) is 3.08. The Balaban J connectivity index is 1.65. The number of rotatable bonds is 6. The molecule has 0 bridgehead atoms. The first-order chi connectivity index (χ1) is 8.15. The van der Waals surface area contributed by atoms with Gasteiger partial charge in [0.05, 0.1) is 0 Å². The van der Waals surface area contributed by atoms with Gasteiger partial charge < -0.3 is 5.32 Å². The second-order valence-corrected chi connectivity index (χ2v) is 6.05. The first kappa shape index (κ1) is 13.2. The Labute approximate surface area is 110 Å². The Hall–Kier alpha value is -0.220. The van der Waals surface area contributed by atoms with E-state index in [0.717, 1.165) is 12.3 Å². The van der Waals surface area contributed by atoms with Gasteiger partial charge in [0.2, 0.25) is 5.91 Å². The summed E-state index contributed by atoms with van der Waals surface area (Å²) in [6, 6.07) is 0.479. The van der Waals surface area contributed by atoms with E-state index in [-0.39, 0.29) is 11.3 Å². The van der Waals surface area contributed by atoms with Crippen LogP contribution < -0.4 is 5.32 Å². The number of carbonyl (C=O) groups is 1. The fourth-order valence-corrected chi connectivity index (χ4v) is 2.97. The van der Waals surface area contributed by atoms with Gasteiger partial charge in [0.25, 0.3) is 0 Å². The summed E-state index contributed by atoms with van der Waals surface area (Å²) in [7, 11) is 0. The third-order valence-electron chi connectivity index (χ3n) is 4.19. The normalized spacial score (nSPS) is 24.6. The maximum atomic E-state index is 11.8. The third-order valence-corrected chi connectivity index (χ3v) is 4.86. The van der Waals surface area contributed by atoms with E-state index in [2.05, 4.69) is 29.8 Å².